The largest absolute Gasteiger partial charge is 0.355 e. The van der Waals surface area contributed by atoms with Gasteiger partial charge in [0.1, 0.15) is 5.82 Å². The van der Waals surface area contributed by atoms with Crippen LogP contribution in [0.25, 0.3) is 0 Å². The highest BCUT2D eigenvalue weighted by Crippen LogP contribution is 2.20. The monoisotopic (exact) mass is 234 g/mol. The molecule has 2 rings (SSSR count). The average Bonchev–Trinajstić information content (AvgIpc) is 2.37. The number of aromatic nitrogens is 2. The lowest BCUT2D eigenvalue weighted by molar-refractivity contribution is 0.444. The van der Waals surface area contributed by atoms with E-state index >= 15 is 0 Å². The molecule has 1 fully saturated rings. The van der Waals surface area contributed by atoms with Gasteiger partial charge in [-0.25, -0.2) is 4.98 Å². The highest BCUT2D eigenvalue weighted by Gasteiger charge is 2.17. The van der Waals surface area contributed by atoms with Crippen LogP contribution in [0.5, 0.6) is 0 Å². The Hall–Kier alpha value is -1.16. The highest BCUT2D eigenvalue weighted by atomic mass is 15.2. The highest BCUT2D eigenvalue weighted by molar-refractivity contribution is 5.36. The Morgan fingerprint density at radius 1 is 1.41 bits per heavy atom. The molecule has 0 radical (unpaired) electrons. The third-order valence-corrected chi connectivity index (χ3v) is 3.23. The summed E-state index contributed by atoms with van der Waals surface area (Å²) >= 11 is 0. The average molecular weight is 234 g/mol. The fourth-order valence-corrected chi connectivity index (χ4v) is 2.25. The molecular formula is C13H22N4. The minimum atomic E-state index is 0.770. The Kier molecular flexibility index (Phi) is 4.31. The van der Waals surface area contributed by atoms with E-state index in [2.05, 4.69) is 34.0 Å². The summed E-state index contributed by atoms with van der Waals surface area (Å²) in [7, 11) is 0. The van der Waals surface area contributed by atoms with Crippen molar-refractivity contribution in [3.05, 3.63) is 18.1 Å². The summed E-state index contributed by atoms with van der Waals surface area (Å²) in [6.45, 7) is 8.40. The van der Waals surface area contributed by atoms with Crippen LogP contribution in [-0.4, -0.2) is 29.6 Å². The van der Waals surface area contributed by atoms with E-state index in [1.165, 1.54) is 12.8 Å². The lowest BCUT2D eigenvalue weighted by atomic mass is 10.0. The molecule has 4 nitrogen and oxygen atoms in total. The Labute approximate surface area is 103 Å². The van der Waals surface area contributed by atoms with Gasteiger partial charge in [-0.15, -0.1) is 0 Å². The first-order valence-corrected chi connectivity index (χ1v) is 6.56. The molecule has 17 heavy (non-hydrogen) atoms. The number of rotatable bonds is 4. The maximum absolute atomic E-state index is 4.51. The molecule has 1 aromatic rings. The summed E-state index contributed by atoms with van der Waals surface area (Å²) in [6, 6.07) is 0. The van der Waals surface area contributed by atoms with E-state index in [1.54, 1.807) is 0 Å². The topological polar surface area (TPSA) is 41.1 Å². The second kappa shape index (κ2) is 5.96. The standard InChI is InChI=1S/C13H22N4/c1-3-14-7-12-8-16-13(9-15-12)17-6-4-5-11(2)10-17/h8-9,11,14H,3-7,10H2,1-2H3. The number of hydrogen-bond donors (Lipinski definition) is 1. The van der Waals surface area contributed by atoms with Crippen LogP contribution in [0.2, 0.25) is 0 Å². The minimum absolute atomic E-state index is 0.770. The molecule has 94 valence electrons. The fourth-order valence-electron chi connectivity index (χ4n) is 2.25. The third kappa shape index (κ3) is 3.40. The molecule has 1 aliphatic heterocycles. The SMILES string of the molecule is CCNCc1cnc(N2CCCC(C)C2)cn1. The van der Waals surface area contributed by atoms with Gasteiger partial charge in [-0.2, -0.15) is 0 Å². The van der Waals surface area contributed by atoms with Gasteiger partial charge in [0.25, 0.3) is 0 Å². The molecule has 2 heterocycles. The lowest BCUT2D eigenvalue weighted by Crippen LogP contribution is -2.34. The van der Waals surface area contributed by atoms with Gasteiger partial charge in [0.2, 0.25) is 0 Å². The fraction of sp³-hybridized carbons (Fsp3) is 0.692. The minimum Gasteiger partial charge on any atom is -0.355 e. The first-order chi connectivity index (χ1) is 8.29. The number of nitrogens with zero attached hydrogens (tertiary/aromatic N) is 3. The lowest BCUT2D eigenvalue weighted by Gasteiger charge is -2.31. The molecular weight excluding hydrogens is 212 g/mol. The summed E-state index contributed by atoms with van der Waals surface area (Å²) in [5, 5.41) is 3.25. The predicted molar refractivity (Wildman–Crippen MR) is 70.0 cm³/mol. The maximum atomic E-state index is 4.51. The Morgan fingerprint density at radius 3 is 2.94 bits per heavy atom. The van der Waals surface area contributed by atoms with Gasteiger partial charge in [-0.3, -0.25) is 4.98 Å². The summed E-state index contributed by atoms with van der Waals surface area (Å²) in [4.78, 5) is 11.3. The molecule has 0 amide bonds. The Bertz CT molecular complexity index is 336. The van der Waals surface area contributed by atoms with Crippen LogP contribution in [0.3, 0.4) is 0 Å². The Morgan fingerprint density at radius 2 is 2.29 bits per heavy atom. The van der Waals surface area contributed by atoms with Gasteiger partial charge in [-0.05, 0) is 25.3 Å². The van der Waals surface area contributed by atoms with Crippen LogP contribution in [0.1, 0.15) is 32.4 Å². The van der Waals surface area contributed by atoms with Crippen molar-refractivity contribution >= 4 is 5.82 Å². The van der Waals surface area contributed by atoms with E-state index < -0.39 is 0 Å². The smallest absolute Gasteiger partial charge is 0.147 e. The van der Waals surface area contributed by atoms with Gasteiger partial charge < -0.3 is 10.2 Å². The van der Waals surface area contributed by atoms with Crippen molar-refractivity contribution in [1.82, 2.24) is 15.3 Å². The van der Waals surface area contributed by atoms with Crippen LogP contribution >= 0.6 is 0 Å². The van der Waals surface area contributed by atoms with Crippen LogP contribution in [-0.2, 0) is 6.54 Å². The molecule has 1 aromatic heterocycles. The molecule has 0 saturated carbocycles. The second-order valence-corrected chi connectivity index (χ2v) is 4.84. The van der Waals surface area contributed by atoms with Crippen molar-refractivity contribution in [2.45, 2.75) is 33.2 Å². The van der Waals surface area contributed by atoms with E-state index in [-0.39, 0.29) is 0 Å². The molecule has 0 aliphatic carbocycles. The Balaban J connectivity index is 1.96. The molecule has 4 heteroatoms. The van der Waals surface area contributed by atoms with Crippen molar-refractivity contribution < 1.29 is 0 Å². The summed E-state index contributed by atoms with van der Waals surface area (Å²) in [6.07, 6.45) is 6.40. The number of hydrogen-bond acceptors (Lipinski definition) is 4. The molecule has 1 unspecified atom stereocenters. The zero-order valence-electron chi connectivity index (χ0n) is 10.8. The second-order valence-electron chi connectivity index (χ2n) is 4.84. The first kappa shape index (κ1) is 12.3. The zero-order valence-corrected chi connectivity index (χ0v) is 10.8. The number of piperidine rings is 1. The zero-order chi connectivity index (χ0) is 12.1. The number of nitrogens with one attached hydrogen (secondary N) is 1. The van der Waals surface area contributed by atoms with Crippen molar-refractivity contribution in [2.24, 2.45) is 5.92 Å². The van der Waals surface area contributed by atoms with Crippen LogP contribution in [0.15, 0.2) is 12.4 Å². The van der Waals surface area contributed by atoms with E-state index in [0.717, 1.165) is 43.6 Å². The predicted octanol–water partition coefficient (Wildman–Crippen LogP) is 1.82. The molecule has 1 atom stereocenters. The van der Waals surface area contributed by atoms with Gasteiger partial charge in [0, 0.05) is 19.6 Å². The summed E-state index contributed by atoms with van der Waals surface area (Å²) in [5.41, 5.74) is 1.01. The molecule has 0 bridgehead atoms. The van der Waals surface area contributed by atoms with Gasteiger partial charge in [-0.1, -0.05) is 13.8 Å². The summed E-state index contributed by atoms with van der Waals surface area (Å²) in [5.74, 6) is 1.80. The van der Waals surface area contributed by atoms with Crippen molar-refractivity contribution in [1.29, 1.82) is 0 Å². The molecule has 0 aromatic carbocycles. The van der Waals surface area contributed by atoms with Crippen molar-refractivity contribution in [3.63, 3.8) is 0 Å². The normalized spacial score (nSPS) is 20.6. The molecule has 1 aliphatic rings. The van der Waals surface area contributed by atoms with E-state index in [0.29, 0.717) is 0 Å². The number of anilines is 1. The summed E-state index contributed by atoms with van der Waals surface area (Å²) < 4.78 is 0. The van der Waals surface area contributed by atoms with Crippen LogP contribution in [0.4, 0.5) is 5.82 Å². The van der Waals surface area contributed by atoms with Gasteiger partial charge >= 0.3 is 0 Å². The van der Waals surface area contributed by atoms with E-state index in [9.17, 15) is 0 Å². The van der Waals surface area contributed by atoms with Gasteiger partial charge in [0.15, 0.2) is 0 Å². The quantitative estimate of drug-likeness (QED) is 0.863. The first-order valence-electron chi connectivity index (χ1n) is 6.56. The van der Waals surface area contributed by atoms with Crippen LogP contribution < -0.4 is 10.2 Å². The van der Waals surface area contributed by atoms with E-state index in [4.69, 9.17) is 0 Å². The van der Waals surface area contributed by atoms with E-state index in [1.807, 2.05) is 12.4 Å². The molecule has 1 saturated heterocycles. The van der Waals surface area contributed by atoms with Gasteiger partial charge in [0.05, 0.1) is 18.1 Å². The van der Waals surface area contributed by atoms with Crippen molar-refractivity contribution in [3.8, 4) is 0 Å². The van der Waals surface area contributed by atoms with Crippen LogP contribution in [0, 0.1) is 5.92 Å². The molecule has 1 N–H and O–H groups in total. The molecule has 0 spiro atoms. The van der Waals surface area contributed by atoms with Crippen molar-refractivity contribution in [2.75, 3.05) is 24.5 Å². The third-order valence-electron chi connectivity index (χ3n) is 3.23. The maximum Gasteiger partial charge on any atom is 0.147 e.